The van der Waals surface area contributed by atoms with Crippen molar-refractivity contribution >= 4 is 40.6 Å². The van der Waals surface area contributed by atoms with E-state index in [1.807, 2.05) is 0 Å². The third kappa shape index (κ3) is 5.19. The maximum absolute atomic E-state index is 9.87. The lowest BCUT2D eigenvalue weighted by Crippen LogP contribution is -2.25. The quantitative estimate of drug-likeness (QED) is 0.817. The van der Waals surface area contributed by atoms with Crippen LogP contribution in [0.4, 0.5) is 5.82 Å². The summed E-state index contributed by atoms with van der Waals surface area (Å²) in [6.07, 6.45) is 0.205. The second-order valence-corrected chi connectivity index (χ2v) is 6.56. The molecule has 0 saturated carbocycles. The van der Waals surface area contributed by atoms with Crippen molar-refractivity contribution in [2.75, 3.05) is 11.9 Å². The van der Waals surface area contributed by atoms with Crippen LogP contribution in [0.3, 0.4) is 0 Å². The van der Waals surface area contributed by atoms with E-state index in [0.717, 1.165) is 0 Å². The molecule has 0 radical (unpaired) electrons. The van der Waals surface area contributed by atoms with Gasteiger partial charge in [-0.3, -0.25) is 0 Å². The van der Waals surface area contributed by atoms with Crippen molar-refractivity contribution < 1.29 is 5.11 Å². The molecule has 18 heavy (non-hydrogen) atoms. The fourth-order valence-corrected chi connectivity index (χ4v) is 2.13. The Morgan fingerprint density at radius 3 is 2.44 bits per heavy atom. The first-order valence-electron chi connectivity index (χ1n) is 5.62. The first kappa shape index (κ1) is 15.8. The van der Waals surface area contributed by atoms with Crippen LogP contribution < -0.4 is 5.32 Å². The van der Waals surface area contributed by atoms with Gasteiger partial charge in [0.05, 0.1) is 16.1 Å². The molecule has 1 unspecified atom stereocenters. The van der Waals surface area contributed by atoms with Gasteiger partial charge in [0.1, 0.15) is 11.0 Å². The molecule has 1 rings (SSSR count). The van der Waals surface area contributed by atoms with Crippen LogP contribution in [0.2, 0.25) is 15.2 Å². The van der Waals surface area contributed by atoms with Crippen LogP contribution in [-0.2, 0) is 0 Å². The Morgan fingerprint density at radius 1 is 1.28 bits per heavy atom. The standard InChI is InChI=1S/C12H17Cl3N2O/c1-12(2,3)5-7(18)6-16-11-9(14)4-8(13)10(15)17-11/h4,7,18H,5-6H2,1-3H3,(H,16,17). The molecular weight excluding hydrogens is 295 g/mol. The summed E-state index contributed by atoms with van der Waals surface area (Å²) < 4.78 is 0. The van der Waals surface area contributed by atoms with Crippen molar-refractivity contribution in [3.63, 3.8) is 0 Å². The summed E-state index contributed by atoms with van der Waals surface area (Å²) in [7, 11) is 0. The van der Waals surface area contributed by atoms with E-state index < -0.39 is 6.10 Å². The molecule has 1 aromatic rings. The SMILES string of the molecule is CC(C)(C)CC(O)CNc1nc(Cl)c(Cl)cc1Cl. The number of nitrogens with zero attached hydrogens (tertiary/aromatic N) is 1. The lowest BCUT2D eigenvalue weighted by molar-refractivity contribution is 0.132. The van der Waals surface area contributed by atoms with E-state index in [2.05, 4.69) is 31.1 Å². The molecule has 0 bridgehead atoms. The number of hydrogen-bond donors (Lipinski definition) is 2. The second-order valence-electron chi connectivity index (χ2n) is 5.39. The zero-order valence-electron chi connectivity index (χ0n) is 10.6. The third-order valence-electron chi connectivity index (χ3n) is 2.24. The number of pyridine rings is 1. The summed E-state index contributed by atoms with van der Waals surface area (Å²) in [4.78, 5) is 4.02. The minimum Gasteiger partial charge on any atom is -0.391 e. The Kier molecular flexibility index (Phi) is 5.53. The van der Waals surface area contributed by atoms with E-state index >= 15 is 0 Å². The molecule has 1 atom stereocenters. The van der Waals surface area contributed by atoms with Crippen molar-refractivity contribution in [3.05, 3.63) is 21.3 Å². The number of rotatable bonds is 4. The van der Waals surface area contributed by atoms with Gasteiger partial charge < -0.3 is 10.4 Å². The molecule has 0 aliphatic heterocycles. The van der Waals surface area contributed by atoms with Gasteiger partial charge in [-0.1, -0.05) is 55.6 Å². The monoisotopic (exact) mass is 310 g/mol. The van der Waals surface area contributed by atoms with Crippen molar-refractivity contribution in [1.82, 2.24) is 4.98 Å². The van der Waals surface area contributed by atoms with Crippen molar-refractivity contribution in [2.45, 2.75) is 33.3 Å². The third-order valence-corrected chi connectivity index (χ3v) is 3.20. The highest BCUT2D eigenvalue weighted by molar-refractivity contribution is 6.42. The first-order valence-corrected chi connectivity index (χ1v) is 6.76. The van der Waals surface area contributed by atoms with Gasteiger partial charge in [0.25, 0.3) is 0 Å². The molecule has 0 aromatic carbocycles. The fourth-order valence-electron chi connectivity index (χ4n) is 1.56. The predicted octanol–water partition coefficient (Wildman–Crippen LogP) is 4.25. The highest BCUT2D eigenvalue weighted by Gasteiger charge is 2.17. The van der Waals surface area contributed by atoms with Gasteiger partial charge >= 0.3 is 0 Å². The van der Waals surface area contributed by atoms with E-state index in [9.17, 15) is 5.11 Å². The fraction of sp³-hybridized carbons (Fsp3) is 0.583. The molecule has 1 aromatic heterocycles. The summed E-state index contributed by atoms with van der Waals surface area (Å²) in [5.74, 6) is 0.430. The zero-order valence-corrected chi connectivity index (χ0v) is 12.9. The lowest BCUT2D eigenvalue weighted by atomic mass is 9.89. The molecule has 0 fully saturated rings. The average molecular weight is 312 g/mol. The van der Waals surface area contributed by atoms with Crippen LogP contribution in [0.25, 0.3) is 0 Å². The highest BCUT2D eigenvalue weighted by atomic mass is 35.5. The normalized spacial score (nSPS) is 13.5. The molecule has 0 amide bonds. The molecule has 6 heteroatoms. The number of aliphatic hydroxyl groups excluding tert-OH is 1. The zero-order chi connectivity index (χ0) is 13.9. The number of nitrogens with one attached hydrogen (secondary N) is 1. The average Bonchev–Trinajstić information content (AvgIpc) is 2.19. The molecular formula is C12H17Cl3N2O. The van der Waals surface area contributed by atoms with Gasteiger partial charge in [0.15, 0.2) is 0 Å². The van der Waals surface area contributed by atoms with Crippen LogP contribution in [0, 0.1) is 5.41 Å². The number of aromatic nitrogens is 1. The topological polar surface area (TPSA) is 45.1 Å². The minimum atomic E-state index is -0.475. The summed E-state index contributed by atoms with van der Waals surface area (Å²) in [5.41, 5.74) is 0.0654. The van der Waals surface area contributed by atoms with Crippen LogP contribution in [-0.4, -0.2) is 22.7 Å². The van der Waals surface area contributed by atoms with Crippen molar-refractivity contribution in [1.29, 1.82) is 0 Å². The van der Waals surface area contributed by atoms with Crippen LogP contribution >= 0.6 is 34.8 Å². The predicted molar refractivity (Wildman–Crippen MR) is 77.8 cm³/mol. The number of halogens is 3. The van der Waals surface area contributed by atoms with Crippen molar-refractivity contribution in [3.8, 4) is 0 Å². The van der Waals surface area contributed by atoms with E-state index in [-0.39, 0.29) is 10.6 Å². The van der Waals surface area contributed by atoms with Gasteiger partial charge in [-0.2, -0.15) is 0 Å². The van der Waals surface area contributed by atoms with Gasteiger partial charge in [-0.05, 0) is 17.9 Å². The summed E-state index contributed by atoms with van der Waals surface area (Å²) >= 11 is 17.6. The van der Waals surface area contributed by atoms with Crippen molar-refractivity contribution in [2.24, 2.45) is 5.41 Å². The molecule has 0 spiro atoms. The maximum atomic E-state index is 9.87. The number of aliphatic hydroxyl groups is 1. The van der Waals surface area contributed by atoms with E-state index in [4.69, 9.17) is 34.8 Å². The van der Waals surface area contributed by atoms with Crippen LogP contribution in [0.1, 0.15) is 27.2 Å². The summed E-state index contributed by atoms with van der Waals surface area (Å²) in [6, 6.07) is 1.52. The largest absolute Gasteiger partial charge is 0.391 e. The Hall–Kier alpha value is -0.220. The van der Waals surface area contributed by atoms with Gasteiger partial charge in [0, 0.05) is 6.54 Å². The smallest absolute Gasteiger partial charge is 0.150 e. The Morgan fingerprint density at radius 2 is 1.89 bits per heavy atom. The highest BCUT2D eigenvalue weighted by Crippen LogP contribution is 2.29. The Labute approximate surface area is 122 Å². The van der Waals surface area contributed by atoms with E-state index in [1.54, 1.807) is 0 Å². The molecule has 2 N–H and O–H groups in total. The van der Waals surface area contributed by atoms with Crippen LogP contribution in [0.5, 0.6) is 0 Å². The first-order chi connectivity index (χ1) is 8.19. The summed E-state index contributed by atoms with van der Waals surface area (Å²) in [6.45, 7) is 6.57. The summed E-state index contributed by atoms with van der Waals surface area (Å²) in [5, 5.41) is 13.7. The van der Waals surface area contributed by atoms with E-state index in [0.29, 0.717) is 28.8 Å². The van der Waals surface area contributed by atoms with Crippen LogP contribution in [0.15, 0.2) is 6.07 Å². The van der Waals surface area contributed by atoms with Gasteiger partial charge in [-0.25, -0.2) is 4.98 Å². The molecule has 0 aliphatic carbocycles. The molecule has 1 heterocycles. The van der Waals surface area contributed by atoms with Gasteiger partial charge in [-0.15, -0.1) is 0 Å². The Balaban J connectivity index is 2.61. The Bertz CT molecular complexity index is 419. The molecule has 3 nitrogen and oxygen atoms in total. The molecule has 0 saturated heterocycles. The second kappa shape index (κ2) is 6.29. The lowest BCUT2D eigenvalue weighted by Gasteiger charge is -2.22. The van der Waals surface area contributed by atoms with E-state index in [1.165, 1.54) is 6.07 Å². The minimum absolute atomic E-state index is 0.0654. The van der Waals surface area contributed by atoms with Gasteiger partial charge in [0.2, 0.25) is 0 Å². The number of anilines is 1. The molecule has 102 valence electrons. The molecule has 0 aliphatic rings. The maximum Gasteiger partial charge on any atom is 0.150 e. The number of hydrogen-bond acceptors (Lipinski definition) is 3.